The molecule has 0 saturated carbocycles. The summed E-state index contributed by atoms with van der Waals surface area (Å²) in [7, 11) is 1.43. The first-order valence-corrected chi connectivity index (χ1v) is 9.27. The summed E-state index contributed by atoms with van der Waals surface area (Å²) >= 11 is 7.07. The topological polar surface area (TPSA) is 50.4 Å². The minimum absolute atomic E-state index is 0.103. The summed E-state index contributed by atoms with van der Waals surface area (Å²) in [5.41, 5.74) is 1.91. The lowest BCUT2D eigenvalue weighted by molar-refractivity contribution is 0.0601. The quantitative estimate of drug-likeness (QED) is 0.631. The Morgan fingerprint density at radius 2 is 1.96 bits per heavy atom. The number of aryl methyl sites for hydroxylation is 1. The average Bonchev–Trinajstić information content (AvgIpc) is 2.82. The summed E-state index contributed by atoms with van der Waals surface area (Å²) in [5.74, 6) is -0.279. The van der Waals surface area contributed by atoms with Crippen LogP contribution in [0.4, 0.5) is 5.00 Å². The maximum absolute atomic E-state index is 12.2. The molecule has 0 aliphatic heterocycles. The molecule has 1 aliphatic carbocycles. The van der Waals surface area contributed by atoms with Crippen molar-refractivity contribution in [3.05, 3.63) is 16.0 Å². The summed E-state index contributed by atoms with van der Waals surface area (Å²) in [5, 5.41) is 7.89. The number of nitrogens with one attached hydrogen (secondary N) is 2. The number of esters is 1. The molecule has 23 heavy (non-hydrogen) atoms. The Bertz CT molecular complexity index is 602. The number of carbonyl (C=O) groups excluding carboxylic acids is 1. The fourth-order valence-electron chi connectivity index (χ4n) is 2.52. The molecule has 4 nitrogen and oxygen atoms in total. The summed E-state index contributed by atoms with van der Waals surface area (Å²) in [4.78, 5) is 13.5. The van der Waals surface area contributed by atoms with Gasteiger partial charge in [0.05, 0.1) is 12.7 Å². The van der Waals surface area contributed by atoms with E-state index in [2.05, 4.69) is 38.3 Å². The molecule has 0 radical (unpaired) electrons. The molecule has 1 unspecified atom stereocenters. The van der Waals surface area contributed by atoms with Gasteiger partial charge in [0, 0.05) is 10.9 Å². The minimum Gasteiger partial charge on any atom is -0.465 e. The van der Waals surface area contributed by atoms with E-state index in [1.54, 1.807) is 11.3 Å². The van der Waals surface area contributed by atoms with E-state index in [1.807, 2.05) is 0 Å². The zero-order valence-electron chi connectivity index (χ0n) is 14.5. The number of methoxy groups -OCH3 is 1. The van der Waals surface area contributed by atoms with E-state index in [0.717, 1.165) is 29.8 Å². The largest absolute Gasteiger partial charge is 0.465 e. The Morgan fingerprint density at radius 3 is 2.57 bits per heavy atom. The van der Waals surface area contributed by atoms with Gasteiger partial charge >= 0.3 is 5.97 Å². The van der Waals surface area contributed by atoms with Crippen molar-refractivity contribution < 1.29 is 9.53 Å². The average molecular weight is 355 g/mol. The van der Waals surface area contributed by atoms with Crippen molar-refractivity contribution in [1.82, 2.24) is 5.32 Å². The number of hydrogen-bond donors (Lipinski definition) is 2. The third kappa shape index (κ3) is 4.23. The van der Waals surface area contributed by atoms with E-state index in [1.165, 1.54) is 18.4 Å². The van der Waals surface area contributed by atoms with Gasteiger partial charge in [0.1, 0.15) is 5.00 Å². The number of thiocarbonyl (C=S) groups is 1. The van der Waals surface area contributed by atoms with E-state index in [4.69, 9.17) is 17.0 Å². The summed E-state index contributed by atoms with van der Waals surface area (Å²) in [6.45, 7) is 8.60. The van der Waals surface area contributed by atoms with E-state index >= 15 is 0 Å². The first kappa shape index (κ1) is 18.2. The number of carbonyl (C=O) groups is 1. The van der Waals surface area contributed by atoms with Gasteiger partial charge in [-0.15, -0.1) is 11.3 Å². The van der Waals surface area contributed by atoms with Crippen LogP contribution in [0.2, 0.25) is 0 Å². The van der Waals surface area contributed by atoms with Crippen LogP contribution in [0.3, 0.4) is 0 Å². The fourth-order valence-corrected chi connectivity index (χ4v) is 4.15. The summed E-state index contributed by atoms with van der Waals surface area (Å²) in [6, 6.07) is 0.221. The van der Waals surface area contributed by atoms with Crippen molar-refractivity contribution in [2.45, 2.75) is 59.4 Å². The van der Waals surface area contributed by atoms with Gasteiger partial charge in [0.2, 0.25) is 0 Å². The zero-order chi connectivity index (χ0) is 17.2. The van der Waals surface area contributed by atoms with Crippen LogP contribution in [0.15, 0.2) is 0 Å². The molecular weight excluding hydrogens is 328 g/mol. The number of thiophene rings is 1. The van der Waals surface area contributed by atoms with Crippen LogP contribution in [0.25, 0.3) is 0 Å². The van der Waals surface area contributed by atoms with Crippen molar-refractivity contribution in [3.8, 4) is 0 Å². The second kappa shape index (κ2) is 7.18. The van der Waals surface area contributed by atoms with E-state index in [-0.39, 0.29) is 17.4 Å². The van der Waals surface area contributed by atoms with Gasteiger partial charge in [-0.3, -0.25) is 0 Å². The van der Waals surface area contributed by atoms with Gasteiger partial charge in [-0.2, -0.15) is 0 Å². The lowest BCUT2D eigenvalue weighted by Gasteiger charge is -2.29. The van der Waals surface area contributed by atoms with Crippen molar-refractivity contribution in [2.75, 3.05) is 12.4 Å². The number of fused-ring (bicyclic) bond motifs is 1. The lowest BCUT2D eigenvalue weighted by Crippen LogP contribution is -2.43. The van der Waals surface area contributed by atoms with E-state index in [0.29, 0.717) is 10.7 Å². The second-order valence-electron chi connectivity index (χ2n) is 7.09. The van der Waals surface area contributed by atoms with Gasteiger partial charge in [-0.1, -0.05) is 20.8 Å². The monoisotopic (exact) mass is 354 g/mol. The minimum atomic E-state index is -0.279. The molecule has 1 aromatic rings. The van der Waals surface area contributed by atoms with E-state index in [9.17, 15) is 4.79 Å². The van der Waals surface area contributed by atoms with Gasteiger partial charge in [-0.05, 0) is 55.8 Å². The predicted molar refractivity (Wildman–Crippen MR) is 101 cm³/mol. The molecule has 2 N–H and O–H groups in total. The number of rotatable bonds is 3. The second-order valence-corrected chi connectivity index (χ2v) is 8.61. The molecule has 0 fully saturated rings. The molecule has 0 bridgehead atoms. The van der Waals surface area contributed by atoms with Gasteiger partial charge in [-0.25, -0.2) is 4.79 Å². The molecule has 1 aromatic heterocycles. The van der Waals surface area contributed by atoms with Crippen LogP contribution in [0.1, 0.15) is 61.3 Å². The van der Waals surface area contributed by atoms with Crippen LogP contribution in [-0.4, -0.2) is 24.2 Å². The highest BCUT2D eigenvalue weighted by molar-refractivity contribution is 7.80. The highest BCUT2D eigenvalue weighted by Crippen LogP contribution is 2.38. The maximum atomic E-state index is 12.2. The molecule has 0 saturated heterocycles. The van der Waals surface area contributed by atoms with Gasteiger partial charge < -0.3 is 15.4 Å². The summed E-state index contributed by atoms with van der Waals surface area (Å²) in [6.07, 6.45) is 4.27. The van der Waals surface area contributed by atoms with Crippen LogP contribution in [0.5, 0.6) is 0 Å². The molecule has 1 aliphatic rings. The van der Waals surface area contributed by atoms with Crippen LogP contribution in [0, 0.1) is 5.41 Å². The normalized spacial score (nSPS) is 15.5. The molecule has 1 heterocycles. The molecular formula is C17H26N2O2S2. The first-order chi connectivity index (χ1) is 10.7. The van der Waals surface area contributed by atoms with Crippen molar-refractivity contribution in [1.29, 1.82) is 0 Å². The Morgan fingerprint density at radius 1 is 1.30 bits per heavy atom. The Kier molecular flexibility index (Phi) is 5.68. The highest BCUT2D eigenvalue weighted by Gasteiger charge is 2.27. The molecule has 2 rings (SSSR count). The molecule has 0 amide bonds. The molecule has 0 spiro atoms. The third-order valence-corrected chi connectivity index (χ3v) is 5.86. The number of anilines is 1. The maximum Gasteiger partial charge on any atom is 0.341 e. The zero-order valence-corrected chi connectivity index (χ0v) is 16.2. The lowest BCUT2D eigenvalue weighted by atomic mass is 9.88. The Labute approximate surface area is 148 Å². The fraction of sp³-hybridized carbons (Fsp3) is 0.647. The molecule has 6 heteroatoms. The van der Waals surface area contributed by atoms with Crippen LogP contribution < -0.4 is 10.6 Å². The number of ether oxygens (including phenoxy) is 1. The Balaban J connectivity index is 2.21. The van der Waals surface area contributed by atoms with Crippen LogP contribution in [-0.2, 0) is 17.6 Å². The van der Waals surface area contributed by atoms with E-state index < -0.39 is 0 Å². The first-order valence-electron chi connectivity index (χ1n) is 8.04. The molecule has 128 valence electrons. The van der Waals surface area contributed by atoms with Crippen molar-refractivity contribution >= 4 is 39.6 Å². The smallest absolute Gasteiger partial charge is 0.341 e. The predicted octanol–water partition coefficient (Wildman–Crippen LogP) is 4.13. The standard InChI is InChI=1S/C17H26N2O2S2/c1-10(17(2,3)4)18-16(22)19-14-13(15(20)21-5)11-8-6-7-9-12(11)23-14/h10H,6-9H2,1-5H3,(H2,18,19,22). The highest BCUT2D eigenvalue weighted by atomic mass is 32.1. The van der Waals surface area contributed by atoms with Crippen LogP contribution >= 0.6 is 23.6 Å². The van der Waals surface area contributed by atoms with Gasteiger partial charge in [0.15, 0.2) is 5.11 Å². The summed E-state index contributed by atoms with van der Waals surface area (Å²) < 4.78 is 4.98. The number of hydrogen-bond acceptors (Lipinski definition) is 4. The molecule has 0 aromatic carbocycles. The van der Waals surface area contributed by atoms with Crippen molar-refractivity contribution in [3.63, 3.8) is 0 Å². The van der Waals surface area contributed by atoms with Crippen molar-refractivity contribution in [2.24, 2.45) is 5.41 Å². The Hall–Kier alpha value is -1.14. The molecule has 1 atom stereocenters. The third-order valence-electron chi connectivity index (χ3n) is 4.43. The SMILES string of the molecule is COC(=O)c1c(NC(=S)NC(C)C(C)(C)C)sc2c1CCCC2. The van der Waals surface area contributed by atoms with Gasteiger partial charge in [0.25, 0.3) is 0 Å².